The molecule has 0 bridgehead atoms. The quantitative estimate of drug-likeness (QED) is 0.635. The zero-order valence-electron chi connectivity index (χ0n) is 9.08. The Hall–Kier alpha value is -0.860. The van der Waals surface area contributed by atoms with Gasteiger partial charge in [0.15, 0.2) is 0 Å². The second-order valence-electron chi connectivity index (χ2n) is 4.32. The fourth-order valence-electron chi connectivity index (χ4n) is 2.18. The van der Waals surface area contributed by atoms with E-state index in [2.05, 4.69) is 13.8 Å². The molecule has 0 saturated heterocycles. The van der Waals surface area contributed by atoms with Crippen molar-refractivity contribution in [2.24, 2.45) is 17.8 Å². The Labute approximate surface area is 84.8 Å². The van der Waals surface area contributed by atoms with Gasteiger partial charge in [-0.15, -0.1) is 0 Å². The second kappa shape index (κ2) is 4.58. The third-order valence-electron chi connectivity index (χ3n) is 3.07. The Kier molecular flexibility index (Phi) is 3.67. The molecule has 80 valence electrons. The summed E-state index contributed by atoms with van der Waals surface area (Å²) in [6.45, 7) is 4.11. The van der Waals surface area contributed by atoms with Crippen molar-refractivity contribution in [1.29, 1.82) is 0 Å². The first kappa shape index (κ1) is 11.2. The van der Waals surface area contributed by atoms with Crippen LogP contribution >= 0.6 is 0 Å². The Bertz CT molecular complexity index is 233. The van der Waals surface area contributed by atoms with E-state index in [1.165, 1.54) is 7.11 Å². The molecule has 0 aromatic heterocycles. The molecular weight excluding hydrogens is 180 g/mol. The number of Topliss-reactive ketones (excluding diaryl/α,β-unsaturated/α-hetero) is 1. The summed E-state index contributed by atoms with van der Waals surface area (Å²) in [5.74, 6) is 0.588. The van der Waals surface area contributed by atoms with Crippen molar-refractivity contribution in [1.82, 2.24) is 0 Å². The van der Waals surface area contributed by atoms with E-state index in [-0.39, 0.29) is 23.6 Å². The summed E-state index contributed by atoms with van der Waals surface area (Å²) >= 11 is 0. The van der Waals surface area contributed by atoms with Gasteiger partial charge in [0.05, 0.1) is 13.0 Å². The minimum Gasteiger partial charge on any atom is -0.469 e. The first-order valence-electron chi connectivity index (χ1n) is 5.15. The molecule has 1 aliphatic rings. The SMILES string of the molecule is COC(=O)[C@H]1CCC(=O)C[C@H]1C(C)C. The number of rotatable bonds is 2. The molecule has 0 aromatic rings. The van der Waals surface area contributed by atoms with Gasteiger partial charge in [0.1, 0.15) is 5.78 Å². The fraction of sp³-hybridized carbons (Fsp3) is 0.818. The topological polar surface area (TPSA) is 43.4 Å². The maximum atomic E-state index is 11.5. The van der Waals surface area contributed by atoms with Crippen molar-refractivity contribution in [2.75, 3.05) is 7.11 Å². The molecule has 0 amide bonds. The highest BCUT2D eigenvalue weighted by molar-refractivity contribution is 5.83. The largest absolute Gasteiger partial charge is 0.469 e. The van der Waals surface area contributed by atoms with E-state index in [0.717, 1.165) is 0 Å². The van der Waals surface area contributed by atoms with Gasteiger partial charge in [-0.3, -0.25) is 9.59 Å². The first-order valence-corrected chi connectivity index (χ1v) is 5.15. The maximum Gasteiger partial charge on any atom is 0.308 e. The van der Waals surface area contributed by atoms with Gasteiger partial charge in [0, 0.05) is 12.8 Å². The van der Waals surface area contributed by atoms with Gasteiger partial charge < -0.3 is 4.74 Å². The van der Waals surface area contributed by atoms with Crippen LogP contribution in [-0.2, 0) is 14.3 Å². The molecule has 1 saturated carbocycles. The lowest BCUT2D eigenvalue weighted by molar-refractivity contribution is -0.150. The molecule has 0 N–H and O–H groups in total. The molecule has 0 spiro atoms. The van der Waals surface area contributed by atoms with Crippen LogP contribution in [0.15, 0.2) is 0 Å². The lowest BCUT2D eigenvalue weighted by Gasteiger charge is -2.31. The Morgan fingerprint density at radius 3 is 2.64 bits per heavy atom. The van der Waals surface area contributed by atoms with E-state index in [9.17, 15) is 9.59 Å². The fourth-order valence-corrected chi connectivity index (χ4v) is 2.18. The van der Waals surface area contributed by atoms with Crippen LogP contribution in [0.4, 0.5) is 0 Å². The van der Waals surface area contributed by atoms with Crippen molar-refractivity contribution < 1.29 is 14.3 Å². The zero-order chi connectivity index (χ0) is 10.7. The number of ketones is 1. The molecule has 0 radical (unpaired) electrons. The van der Waals surface area contributed by atoms with Gasteiger partial charge in [-0.2, -0.15) is 0 Å². The highest BCUT2D eigenvalue weighted by Gasteiger charge is 2.36. The van der Waals surface area contributed by atoms with E-state index in [1.54, 1.807) is 0 Å². The predicted molar refractivity (Wildman–Crippen MR) is 52.7 cm³/mol. The van der Waals surface area contributed by atoms with Crippen molar-refractivity contribution in [3.63, 3.8) is 0 Å². The van der Waals surface area contributed by atoms with Gasteiger partial charge in [0.25, 0.3) is 0 Å². The smallest absolute Gasteiger partial charge is 0.308 e. The maximum absolute atomic E-state index is 11.5. The lowest BCUT2D eigenvalue weighted by atomic mass is 9.73. The van der Waals surface area contributed by atoms with Gasteiger partial charge in [0.2, 0.25) is 0 Å². The third-order valence-corrected chi connectivity index (χ3v) is 3.07. The van der Waals surface area contributed by atoms with Crippen LogP contribution in [0.3, 0.4) is 0 Å². The number of carbonyl (C=O) groups is 2. The van der Waals surface area contributed by atoms with Crippen LogP contribution in [0.25, 0.3) is 0 Å². The summed E-state index contributed by atoms with van der Waals surface area (Å²) in [7, 11) is 1.41. The molecule has 1 fully saturated rings. The van der Waals surface area contributed by atoms with Gasteiger partial charge in [-0.1, -0.05) is 13.8 Å². The number of hydrogen-bond acceptors (Lipinski definition) is 3. The number of methoxy groups -OCH3 is 1. The summed E-state index contributed by atoms with van der Waals surface area (Å²) in [6.07, 6.45) is 1.73. The van der Waals surface area contributed by atoms with Crippen molar-refractivity contribution in [2.45, 2.75) is 33.1 Å². The molecule has 0 heterocycles. The Morgan fingerprint density at radius 2 is 2.14 bits per heavy atom. The standard InChI is InChI=1S/C11H18O3/c1-7(2)10-6-8(12)4-5-9(10)11(13)14-3/h7,9-10H,4-6H2,1-3H3/t9-,10-/m0/s1. The van der Waals surface area contributed by atoms with E-state index in [4.69, 9.17) is 4.74 Å². The van der Waals surface area contributed by atoms with E-state index < -0.39 is 0 Å². The summed E-state index contributed by atoms with van der Waals surface area (Å²) < 4.78 is 4.76. The third kappa shape index (κ3) is 2.34. The van der Waals surface area contributed by atoms with Gasteiger partial charge >= 0.3 is 5.97 Å². The molecule has 0 unspecified atom stereocenters. The van der Waals surface area contributed by atoms with Crippen LogP contribution in [0.2, 0.25) is 0 Å². The minimum absolute atomic E-state index is 0.0716. The van der Waals surface area contributed by atoms with Crippen molar-refractivity contribution in [3.8, 4) is 0 Å². The minimum atomic E-state index is -0.156. The number of hydrogen-bond donors (Lipinski definition) is 0. The summed E-state index contributed by atoms with van der Waals surface area (Å²) in [6, 6.07) is 0. The first-order chi connectivity index (χ1) is 6.56. The molecule has 1 rings (SSSR count). The van der Waals surface area contributed by atoms with Crippen molar-refractivity contribution in [3.05, 3.63) is 0 Å². The van der Waals surface area contributed by atoms with Crippen molar-refractivity contribution >= 4 is 11.8 Å². The Morgan fingerprint density at radius 1 is 1.50 bits per heavy atom. The average Bonchev–Trinajstić information content (AvgIpc) is 2.16. The number of ether oxygens (including phenoxy) is 1. The van der Waals surface area contributed by atoms with Gasteiger partial charge in [-0.05, 0) is 18.3 Å². The molecule has 0 aromatic carbocycles. The zero-order valence-corrected chi connectivity index (χ0v) is 9.08. The number of esters is 1. The van der Waals surface area contributed by atoms with Crippen LogP contribution < -0.4 is 0 Å². The van der Waals surface area contributed by atoms with Crippen LogP contribution in [0.1, 0.15) is 33.1 Å². The molecule has 0 aliphatic heterocycles. The lowest BCUT2D eigenvalue weighted by Crippen LogP contribution is -2.34. The molecular formula is C11H18O3. The number of carbonyl (C=O) groups excluding carboxylic acids is 2. The van der Waals surface area contributed by atoms with Crippen LogP contribution in [-0.4, -0.2) is 18.9 Å². The van der Waals surface area contributed by atoms with E-state index in [1.807, 2.05) is 0 Å². The predicted octanol–water partition coefficient (Wildman–Crippen LogP) is 1.80. The highest BCUT2D eigenvalue weighted by atomic mass is 16.5. The van der Waals surface area contributed by atoms with E-state index >= 15 is 0 Å². The molecule has 1 aliphatic carbocycles. The van der Waals surface area contributed by atoms with Crippen LogP contribution in [0, 0.1) is 17.8 Å². The molecule has 3 nitrogen and oxygen atoms in total. The summed E-state index contributed by atoms with van der Waals surface area (Å²) in [5, 5.41) is 0. The summed E-state index contributed by atoms with van der Waals surface area (Å²) in [5.41, 5.74) is 0. The monoisotopic (exact) mass is 198 g/mol. The van der Waals surface area contributed by atoms with Gasteiger partial charge in [-0.25, -0.2) is 0 Å². The second-order valence-corrected chi connectivity index (χ2v) is 4.32. The average molecular weight is 198 g/mol. The molecule has 2 atom stereocenters. The molecule has 14 heavy (non-hydrogen) atoms. The summed E-state index contributed by atoms with van der Waals surface area (Å²) in [4.78, 5) is 22.7. The highest BCUT2D eigenvalue weighted by Crippen LogP contribution is 2.34. The Balaban J connectivity index is 2.72. The van der Waals surface area contributed by atoms with E-state index in [0.29, 0.717) is 25.2 Å². The normalized spacial score (nSPS) is 27.9. The molecule has 3 heteroatoms. The van der Waals surface area contributed by atoms with Crippen LogP contribution in [0.5, 0.6) is 0 Å².